The number of rotatable bonds is 2. The van der Waals surface area contributed by atoms with Gasteiger partial charge in [0.25, 0.3) is 0 Å². The average molecular weight is 253 g/mol. The first kappa shape index (κ1) is 10.2. The molecule has 0 aliphatic heterocycles. The molecule has 14 heavy (non-hydrogen) atoms. The molecule has 0 radical (unpaired) electrons. The maximum Gasteiger partial charge on any atom is 0.0148 e. The molecule has 2 unspecified atom stereocenters. The summed E-state index contributed by atoms with van der Waals surface area (Å²) in [5.41, 5.74) is 2.90. The molecule has 0 aromatic heterocycles. The van der Waals surface area contributed by atoms with Gasteiger partial charge < -0.3 is 0 Å². The van der Waals surface area contributed by atoms with Crippen molar-refractivity contribution in [2.75, 3.05) is 0 Å². The van der Waals surface area contributed by atoms with Gasteiger partial charge in [-0.2, -0.15) is 0 Å². The first-order chi connectivity index (χ1) is 6.74. The summed E-state index contributed by atoms with van der Waals surface area (Å²) in [5, 5.41) is 0. The van der Waals surface area contributed by atoms with E-state index in [9.17, 15) is 0 Å². The molecule has 1 aliphatic carbocycles. The van der Waals surface area contributed by atoms with Crippen molar-refractivity contribution in [2.45, 2.75) is 37.4 Å². The van der Waals surface area contributed by atoms with E-state index in [1.807, 2.05) is 0 Å². The minimum atomic E-state index is 0.775. The zero-order valence-electron chi connectivity index (χ0n) is 8.67. The molecule has 1 aliphatic rings. The molecular formula is C13H17Br. The number of hydrogen-bond acceptors (Lipinski definition) is 0. The predicted molar refractivity (Wildman–Crippen MR) is 64.9 cm³/mol. The summed E-state index contributed by atoms with van der Waals surface area (Å²) in [7, 11) is 0. The lowest BCUT2D eigenvalue weighted by atomic mass is 9.97. The molecule has 0 saturated heterocycles. The highest BCUT2D eigenvalue weighted by Crippen LogP contribution is 2.32. The van der Waals surface area contributed by atoms with Gasteiger partial charge in [-0.3, -0.25) is 0 Å². The summed E-state index contributed by atoms with van der Waals surface area (Å²) in [4.78, 5) is 0.775. The highest BCUT2D eigenvalue weighted by atomic mass is 79.9. The lowest BCUT2D eigenvalue weighted by Gasteiger charge is -2.09. The van der Waals surface area contributed by atoms with Crippen LogP contribution in [0.1, 0.15) is 30.4 Å². The topological polar surface area (TPSA) is 0 Å². The highest BCUT2D eigenvalue weighted by Gasteiger charge is 2.22. The molecule has 1 aromatic carbocycles. The van der Waals surface area contributed by atoms with E-state index in [0.717, 1.165) is 10.7 Å². The molecule has 0 spiro atoms. The third kappa shape index (κ3) is 2.60. The lowest BCUT2D eigenvalue weighted by Crippen LogP contribution is -2.00. The Kier molecular flexibility index (Phi) is 3.27. The maximum atomic E-state index is 3.71. The molecule has 0 amide bonds. The first-order valence-corrected chi connectivity index (χ1v) is 6.35. The fraction of sp³-hybridized carbons (Fsp3) is 0.538. The zero-order chi connectivity index (χ0) is 9.97. The number of alkyl halides is 1. The molecule has 0 heterocycles. The molecule has 0 nitrogen and oxygen atoms in total. The van der Waals surface area contributed by atoms with E-state index < -0.39 is 0 Å². The fourth-order valence-corrected chi connectivity index (χ4v) is 3.16. The van der Waals surface area contributed by atoms with Gasteiger partial charge in [0.2, 0.25) is 0 Å². The Morgan fingerprint density at radius 2 is 2.21 bits per heavy atom. The summed E-state index contributed by atoms with van der Waals surface area (Å²) >= 11 is 3.71. The molecule has 0 N–H and O–H groups in total. The van der Waals surface area contributed by atoms with Crippen molar-refractivity contribution in [3.63, 3.8) is 0 Å². The average Bonchev–Trinajstić information content (AvgIpc) is 2.51. The molecular weight excluding hydrogens is 236 g/mol. The molecule has 2 atom stereocenters. The van der Waals surface area contributed by atoms with Crippen LogP contribution in [-0.2, 0) is 6.42 Å². The van der Waals surface area contributed by atoms with Crippen molar-refractivity contribution < 1.29 is 0 Å². The minimum Gasteiger partial charge on any atom is -0.0891 e. The minimum absolute atomic E-state index is 0.775. The second-order valence-corrected chi connectivity index (χ2v) is 5.76. The van der Waals surface area contributed by atoms with Crippen LogP contribution in [0.3, 0.4) is 0 Å². The van der Waals surface area contributed by atoms with Crippen molar-refractivity contribution in [1.29, 1.82) is 0 Å². The first-order valence-electron chi connectivity index (χ1n) is 5.43. The molecule has 1 aromatic rings. The standard InChI is InChI=1S/C13H17Br/c1-10-3-2-4-11(7-10)8-12-5-6-13(14)9-12/h2-4,7,12-13H,5-6,8-9H2,1H3. The Bertz CT molecular complexity index is 306. The van der Waals surface area contributed by atoms with Crippen molar-refractivity contribution >= 4 is 15.9 Å². The van der Waals surface area contributed by atoms with Gasteiger partial charge in [0.05, 0.1) is 0 Å². The molecule has 1 saturated carbocycles. The smallest absolute Gasteiger partial charge is 0.0148 e. The van der Waals surface area contributed by atoms with Crippen molar-refractivity contribution in [3.8, 4) is 0 Å². The van der Waals surface area contributed by atoms with Crippen LogP contribution in [0.5, 0.6) is 0 Å². The van der Waals surface area contributed by atoms with Crippen LogP contribution in [0, 0.1) is 12.8 Å². The van der Waals surface area contributed by atoms with E-state index in [1.54, 1.807) is 0 Å². The quantitative estimate of drug-likeness (QED) is 0.696. The van der Waals surface area contributed by atoms with Gasteiger partial charge in [-0.15, -0.1) is 0 Å². The number of benzene rings is 1. The number of aryl methyl sites for hydroxylation is 1. The second kappa shape index (κ2) is 4.48. The van der Waals surface area contributed by atoms with Gasteiger partial charge >= 0.3 is 0 Å². The summed E-state index contributed by atoms with van der Waals surface area (Å²) in [5.74, 6) is 0.904. The van der Waals surface area contributed by atoms with Gasteiger partial charge in [0.15, 0.2) is 0 Å². The highest BCUT2D eigenvalue weighted by molar-refractivity contribution is 9.09. The Hall–Kier alpha value is -0.300. The summed E-state index contributed by atoms with van der Waals surface area (Å²) in [6.07, 6.45) is 5.37. The van der Waals surface area contributed by atoms with Crippen molar-refractivity contribution in [3.05, 3.63) is 35.4 Å². The van der Waals surface area contributed by atoms with Gasteiger partial charge in [-0.05, 0) is 44.1 Å². The monoisotopic (exact) mass is 252 g/mol. The van der Waals surface area contributed by atoms with Gasteiger partial charge in [-0.25, -0.2) is 0 Å². The van der Waals surface area contributed by atoms with E-state index in [0.29, 0.717) is 0 Å². The van der Waals surface area contributed by atoms with Crippen LogP contribution >= 0.6 is 15.9 Å². The summed E-state index contributed by atoms with van der Waals surface area (Å²) in [6.45, 7) is 2.17. The predicted octanol–water partition coefficient (Wildman–Crippen LogP) is 4.10. The van der Waals surface area contributed by atoms with Gasteiger partial charge in [0, 0.05) is 4.83 Å². The number of halogens is 1. The third-order valence-electron chi connectivity index (χ3n) is 3.08. The largest absolute Gasteiger partial charge is 0.0891 e. The molecule has 76 valence electrons. The van der Waals surface area contributed by atoms with E-state index in [2.05, 4.69) is 47.1 Å². The molecule has 2 rings (SSSR count). The van der Waals surface area contributed by atoms with E-state index in [4.69, 9.17) is 0 Å². The maximum absolute atomic E-state index is 3.71. The Morgan fingerprint density at radius 3 is 2.86 bits per heavy atom. The number of hydrogen-bond donors (Lipinski definition) is 0. The Balaban J connectivity index is 1.97. The van der Waals surface area contributed by atoms with Gasteiger partial charge in [-0.1, -0.05) is 45.8 Å². The Labute approximate surface area is 94.8 Å². The second-order valence-electron chi connectivity index (χ2n) is 4.47. The lowest BCUT2D eigenvalue weighted by molar-refractivity contribution is 0.548. The van der Waals surface area contributed by atoms with Crippen LogP contribution < -0.4 is 0 Å². The summed E-state index contributed by atoms with van der Waals surface area (Å²) < 4.78 is 0. The SMILES string of the molecule is Cc1cccc(CC2CCC(Br)C2)c1. The van der Waals surface area contributed by atoms with Crippen LogP contribution in [0.15, 0.2) is 24.3 Å². The van der Waals surface area contributed by atoms with Crippen LogP contribution in [-0.4, -0.2) is 4.83 Å². The van der Waals surface area contributed by atoms with Crippen molar-refractivity contribution in [1.82, 2.24) is 0 Å². The molecule has 1 heteroatoms. The zero-order valence-corrected chi connectivity index (χ0v) is 10.3. The van der Waals surface area contributed by atoms with E-state index in [-0.39, 0.29) is 0 Å². The molecule has 1 fully saturated rings. The third-order valence-corrected chi connectivity index (χ3v) is 3.92. The van der Waals surface area contributed by atoms with Crippen molar-refractivity contribution in [2.24, 2.45) is 5.92 Å². The fourth-order valence-electron chi connectivity index (χ4n) is 2.37. The molecule has 0 bridgehead atoms. The van der Waals surface area contributed by atoms with Crippen LogP contribution in [0.25, 0.3) is 0 Å². The normalized spacial score (nSPS) is 26.7. The van der Waals surface area contributed by atoms with E-state index >= 15 is 0 Å². The van der Waals surface area contributed by atoms with Crippen LogP contribution in [0.4, 0.5) is 0 Å². The van der Waals surface area contributed by atoms with Gasteiger partial charge in [0.1, 0.15) is 0 Å². The van der Waals surface area contributed by atoms with E-state index in [1.165, 1.54) is 36.8 Å². The van der Waals surface area contributed by atoms with Crippen LogP contribution in [0.2, 0.25) is 0 Å². The Morgan fingerprint density at radius 1 is 1.36 bits per heavy atom. The summed E-state index contributed by atoms with van der Waals surface area (Å²) in [6, 6.07) is 8.92.